The number of hydrogen-bond donors (Lipinski definition) is 0. The van der Waals surface area contributed by atoms with Gasteiger partial charge in [0, 0.05) is 19.2 Å². The number of piperidine rings is 1. The molecule has 0 saturated carbocycles. The first kappa shape index (κ1) is 17.6. The van der Waals surface area contributed by atoms with Crippen LogP contribution in [0.2, 0.25) is 0 Å². The topological polar surface area (TPSA) is 76.8 Å². The van der Waals surface area contributed by atoms with Gasteiger partial charge in [0.2, 0.25) is 10.0 Å². The van der Waals surface area contributed by atoms with E-state index >= 15 is 0 Å². The van der Waals surface area contributed by atoms with Crippen molar-refractivity contribution in [3.8, 4) is 5.75 Å². The Morgan fingerprint density at radius 3 is 2.56 bits per heavy atom. The van der Waals surface area contributed by atoms with E-state index in [1.807, 2.05) is 0 Å². The highest BCUT2D eigenvalue weighted by Gasteiger charge is 2.30. The van der Waals surface area contributed by atoms with Gasteiger partial charge in [-0.2, -0.15) is 4.31 Å². The zero-order chi connectivity index (χ0) is 18.0. The SMILES string of the molecule is Cc1cc(OC2CCN(S(=O)(=O)c3cccc(F)c3)CC2)cc(=O)o1. The molecule has 2 heterocycles. The van der Waals surface area contributed by atoms with Crippen molar-refractivity contribution in [1.82, 2.24) is 4.31 Å². The van der Waals surface area contributed by atoms with Crippen molar-refractivity contribution < 1.29 is 22.0 Å². The molecule has 6 nitrogen and oxygen atoms in total. The fraction of sp³-hybridized carbons (Fsp3) is 0.353. The van der Waals surface area contributed by atoms with E-state index in [9.17, 15) is 17.6 Å². The van der Waals surface area contributed by atoms with Crippen LogP contribution in [-0.4, -0.2) is 31.9 Å². The second kappa shape index (κ2) is 6.97. The van der Waals surface area contributed by atoms with Gasteiger partial charge in [-0.15, -0.1) is 0 Å². The van der Waals surface area contributed by atoms with E-state index in [-0.39, 0.29) is 24.1 Å². The minimum Gasteiger partial charge on any atom is -0.490 e. The van der Waals surface area contributed by atoms with Crippen molar-refractivity contribution in [2.24, 2.45) is 0 Å². The van der Waals surface area contributed by atoms with Crippen LogP contribution in [0.4, 0.5) is 4.39 Å². The van der Waals surface area contributed by atoms with Gasteiger partial charge in [0.1, 0.15) is 23.4 Å². The Balaban J connectivity index is 1.66. The number of aryl methyl sites for hydroxylation is 1. The second-order valence-corrected chi connectivity index (χ2v) is 7.84. The molecule has 1 aromatic heterocycles. The van der Waals surface area contributed by atoms with Crippen LogP contribution >= 0.6 is 0 Å². The van der Waals surface area contributed by atoms with Gasteiger partial charge in [-0.3, -0.25) is 0 Å². The maximum Gasteiger partial charge on any atom is 0.339 e. The molecule has 2 aromatic rings. The van der Waals surface area contributed by atoms with Gasteiger partial charge in [0.25, 0.3) is 0 Å². The largest absolute Gasteiger partial charge is 0.490 e. The first-order chi connectivity index (χ1) is 11.8. The average Bonchev–Trinajstić information content (AvgIpc) is 2.54. The van der Waals surface area contributed by atoms with Crippen LogP contribution < -0.4 is 10.4 Å². The quantitative estimate of drug-likeness (QED) is 0.829. The minimum absolute atomic E-state index is 0.0526. The number of nitrogens with zero attached hydrogens (tertiary/aromatic N) is 1. The highest BCUT2D eigenvalue weighted by Crippen LogP contribution is 2.24. The summed E-state index contributed by atoms with van der Waals surface area (Å²) in [5.74, 6) is 0.284. The molecule has 0 spiro atoms. The molecule has 134 valence electrons. The number of halogens is 1. The molecule has 3 rings (SSSR count). The van der Waals surface area contributed by atoms with Gasteiger partial charge in [0.15, 0.2) is 0 Å². The van der Waals surface area contributed by atoms with Gasteiger partial charge in [-0.25, -0.2) is 17.6 Å². The monoisotopic (exact) mass is 367 g/mol. The number of ether oxygens (including phenoxy) is 1. The molecule has 1 aliphatic rings. The van der Waals surface area contributed by atoms with Crippen LogP contribution in [0.5, 0.6) is 5.75 Å². The summed E-state index contributed by atoms with van der Waals surface area (Å²) in [4.78, 5) is 11.3. The van der Waals surface area contributed by atoms with Gasteiger partial charge in [-0.05, 0) is 38.0 Å². The fourth-order valence-electron chi connectivity index (χ4n) is 2.80. The molecule has 0 amide bonds. The zero-order valence-electron chi connectivity index (χ0n) is 13.6. The number of sulfonamides is 1. The van der Waals surface area contributed by atoms with Crippen LogP contribution in [0, 0.1) is 12.7 Å². The molecule has 1 aromatic carbocycles. The standard InChI is InChI=1S/C17H18FNO5S/c1-12-9-15(11-17(20)23-12)24-14-5-7-19(8-6-14)25(21,22)16-4-2-3-13(18)10-16/h2-4,9-11,14H,5-8H2,1H3. The van der Waals surface area contributed by atoms with E-state index in [0.29, 0.717) is 24.4 Å². The highest BCUT2D eigenvalue weighted by molar-refractivity contribution is 7.89. The summed E-state index contributed by atoms with van der Waals surface area (Å²) >= 11 is 0. The maximum atomic E-state index is 13.3. The van der Waals surface area contributed by atoms with Gasteiger partial charge in [0.05, 0.1) is 11.0 Å². The first-order valence-electron chi connectivity index (χ1n) is 7.89. The van der Waals surface area contributed by atoms with Crippen molar-refractivity contribution in [1.29, 1.82) is 0 Å². The molecule has 0 radical (unpaired) electrons. The lowest BCUT2D eigenvalue weighted by atomic mass is 10.1. The van der Waals surface area contributed by atoms with E-state index in [1.54, 1.807) is 13.0 Å². The lowest BCUT2D eigenvalue weighted by molar-refractivity contribution is 0.134. The summed E-state index contributed by atoms with van der Waals surface area (Å²) < 4.78 is 50.4. The third kappa shape index (κ3) is 4.08. The normalized spacial score (nSPS) is 16.7. The van der Waals surface area contributed by atoms with E-state index in [0.717, 1.165) is 6.07 Å². The summed E-state index contributed by atoms with van der Waals surface area (Å²) in [6.07, 6.45) is 0.766. The molecular formula is C17H18FNO5S. The Kier molecular flexibility index (Phi) is 4.91. The van der Waals surface area contributed by atoms with E-state index < -0.39 is 21.5 Å². The predicted molar refractivity (Wildman–Crippen MR) is 88.5 cm³/mol. The van der Waals surface area contributed by atoms with Crippen LogP contribution in [0.3, 0.4) is 0 Å². The summed E-state index contributed by atoms with van der Waals surface area (Å²) in [7, 11) is -3.72. The van der Waals surface area contributed by atoms with E-state index in [4.69, 9.17) is 9.15 Å². The third-order valence-electron chi connectivity index (χ3n) is 4.00. The summed E-state index contributed by atoms with van der Waals surface area (Å²) in [6.45, 7) is 2.19. The van der Waals surface area contributed by atoms with Gasteiger partial charge in [-0.1, -0.05) is 6.07 Å². The summed E-state index contributed by atoms with van der Waals surface area (Å²) in [5, 5.41) is 0. The summed E-state index contributed by atoms with van der Waals surface area (Å²) in [6, 6.07) is 7.87. The Morgan fingerprint density at radius 1 is 1.20 bits per heavy atom. The van der Waals surface area contributed by atoms with Crippen LogP contribution in [-0.2, 0) is 10.0 Å². The van der Waals surface area contributed by atoms with Crippen LogP contribution in [0.25, 0.3) is 0 Å². The van der Waals surface area contributed by atoms with Crippen LogP contribution in [0.15, 0.2) is 50.5 Å². The molecule has 1 fully saturated rings. The number of hydrogen-bond acceptors (Lipinski definition) is 5. The smallest absolute Gasteiger partial charge is 0.339 e. The van der Waals surface area contributed by atoms with Gasteiger partial charge >= 0.3 is 5.63 Å². The lowest BCUT2D eigenvalue weighted by Crippen LogP contribution is -2.41. The average molecular weight is 367 g/mol. The Hall–Kier alpha value is -2.19. The number of benzene rings is 1. The highest BCUT2D eigenvalue weighted by atomic mass is 32.2. The molecule has 0 N–H and O–H groups in total. The van der Waals surface area contributed by atoms with Crippen molar-refractivity contribution in [2.75, 3.05) is 13.1 Å². The summed E-state index contributed by atoms with van der Waals surface area (Å²) in [5.41, 5.74) is -0.485. The Bertz CT molecular complexity index is 917. The lowest BCUT2D eigenvalue weighted by Gasteiger charge is -2.31. The minimum atomic E-state index is -3.72. The molecule has 0 aliphatic carbocycles. The second-order valence-electron chi connectivity index (χ2n) is 5.90. The maximum absolute atomic E-state index is 13.3. The Morgan fingerprint density at radius 2 is 1.92 bits per heavy atom. The van der Waals surface area contributed by atoms with Crippen molar-refractivity contribution in [3.05, 3.63) is 58.4 Å². The molecule has 0 bridgehead atoms. The molecule has 1 saturated heterocycles. The number of rotatable bonds is 4. The molecule has 25 heavy (non-hydrogen) atoms. The van der Waals surface area contributed by atoms with E-state index in [1.165, 1.54) is 28.6 Å². The zero-order valence-corrected chi connectivity index (χ0v) is 14.5. The van der Waals surface area contributed by atoms with Crippen molar-refractivity contribution in [2.45, 2.75) is 30.8 Å². The van der Waals surface area contributed by atoms with Gasteiger partial charge < -0.3 is 9.15 Å². The third-order valence-corrected chi connectivity index (χ3v) is 5.90. The molecule has 1 aliphatic heterocycles. The molecule has 0 atom stereocenters. The molecule has 8 heteroatoms. The molecule has 0 unspecified atom stereocenters. The molecular weight excluding hydrogens is 349 g/mol. The predicted octanol–water partition coefficient (Wildman–Crippen LogP) is 2.32. The first-order valence-corrected chi connectivity index (χ1v) is 9.33. The van der Waals surface area contributed by atoms with E-state index in [2.05, 4.69) is 0 Å². The van der Waals surface area contributed by atoms with Crippen molar-refractivity contribution in [3.63, 3.8) is 0 Å². The van der Waals surface area contributed by atoms with Crippen molar-refractivity contribution >= 4 is 10.0 Å². The fourth-order valence-corrected chi connectivity index (χ4v) is 4.30. The van der Waals surface area contributed by atoms with Crippen LogP contribution in [0.1, 0.15) is 18.6 Å². The Labute approximate surface area is 144 Å².